The Kier molecular flexibility index (Phi) is 3.67. The Bertz CT molecular complexity index is 725. The Labute approximate surface area is 138 Å². The predicted molar refractivity (Wildman–Crippen MR) is 88.3 cm³/mol. The first-order valence-corrected chi connectivity index (χ1v) is 8.74. The molecule has 1 aromatic heterocycles. The van der Waals surface area contributed by atoms with Crippen molar-refractivity contribution in [3.8, 4) is 10.4 Å². The number of carbonyl (C=O) groups is 1. The summed E-state index contributed by atoms with van der Waals surface area (Å²) >= 11 is 1.54. The molecule has 23 heavy (non-hydrogen) atoms. The van der Waals surface area contributed by atoms with Crippen LogP contribution in [0.25, 0.3) is 10.4 Å². The van der Waals surface area contributed by atoms with Gasteiger partial charge in [-0.25, -0.2) is 4.98 Å². The van der Waals surface area contributed by atoms with Gasteiger partial charge in [-0.2, -0.15) is 5.48 Å². The zero-order chi connectivity index (χ0) is 16.0. The van der Waals surface area contributed by atoms with Gasteiger partial charge in [-0.3, -0.25) is 4.79 Å². The van der Waals surface area contributed by atoms with E-state index in [4.69, 9.17) is 0 Å². The first kappa shape index (κ1) is 14.8. The number of nitrogens with zero attached hydrogens (tertiary/aromatic N) is 2. The number of fused-ring (bicyclic) bond motifs is 2. The van der Waals surface area contributed by atoms with Crippen molar-refractivity contribution in [3.63, 3.8) is 0 Å². The second-order valence-corrected chi connectivity index (χ2v) is 7.56. The molecule has 1 aliphatic carbocycles. The monoisotopic (exact) mass is 329 g/mol. The van der Waals surface area contributed by atoms with Crippen molar-refractivity contribution in [1.82, 2.24) is 15.4 Å². The predicted octanol–water partition coefficient (Wildman–Crippen LogP) is 3.05. The number of thiazole rings is 1. The fourth-order valence-corrected chi connectivity index (χ4v) is 4.62. The number of hydrogen-bond donors (Lipinski definition) is 2. The lowest BCUT2D eigenvalue weighted by molar-refractivity contribution is -0.0699. The average Bonchev–Trinajstić information content (AvgIpc) is 2.95. The maximum atomic E-state index is 13.1. The van der Waals surface area contributed by atoms with E-state index >= 15 is 0 Å². The zero-order valence-electron chi connectivity index (χ0n) is 12.9. The van der Waals surface area contributed by atoms with Crippen molar-refractivity contribution < 1.29 is 10.0 Å². The lowest BCUT2D eigenvalue weighted by atomic mass is 9.72. The molecule has 1 unspecified atom stereocenters. The molecule has 1 amide bonds. The first-order valence-electron chi connectivity index (χ1n) is 7.92. The summed E-state index contributed by atoms with van der Waals surface area (Å²) in [4.78, 5) is 20.3. The van der Waals surface area contributed by atoms with Crippen molar-refractivity contribution in [2.75, 3.05) is 0 Å². The zero-order valence-corrected chi connectivity index (χ0v) is 13.7. The van der Waals surface area contributed by atoms with E-state index in [1.54, 1.807) is 16.2 Å². The normalized spacial score (nSPS) is 26.0. The summed E-state index contributed by atoms with van der Waals surface area (Å²) in [5.74, 6) is 0.544. The van der Waals surface area contributed by atoms with Crippen LogP contribution in [0.1, 0.15) is 34.8 Å². The van der Waals surface area contributed by atoms with Crippen LogP contribution in [-0.4, -0.2) is 33.2 Å². The number of aryl methyl sites for hydroxylation is 1. The number of hydroxylamine groups is 1. The summed E-state index contributed by atoms with van der Waals surface area (Å²) in [6.45, 7) is 1.92. The van der Waals surface area contributed by atoms with Gasteiger partial charge in [0.05, 0.1) is 9.88 Å². The number of aromatic nitrogens is 1. The van der Waals surface area contributed by atoms with E-state index in [0.29, 0.717) is 11.6 Å². The summed E-state index contributed by atoms with van der Waals surface area (Å²) in [5.41, 5.74) is 3.83. The van der Waals surface area contributed by atoms with Gasteiger partial charge < -0.3 is 10.1 Å². The summed E-state index contributed by atoms with van der Waals surface area (Å²) in [7, 11) is 0. The Morgan fingerprint density at radius 2 is 2.04 bits per heavy atom. The number of hydrogen-bond acceptors (Lipinski definition) is 5. The Morgan fingerprint density at radius 3 is 2.74 bits per heavy atom. The van der Waals surface area contributed by atoms with Crippen molar-refractivity contribution in [3.05, 3.63) is 41.0 Å². The number of carbonyl (C=O) groups excluding carboxylic acids is 1. The van der Waals surface area contributed by atoms with Gasteiger partial charge in [0.15, 0.2) is 0 Å². The minimum atomic E-state index is -0.300. The van der Waals surface area contributed by atoms with Crippen LogP contribution in [-0.2, 0) is 0 Å². The molecule has 5 nitrogen and oxygen atoms in total. The number of rotatable bonds is 3. The van der Waals surface area contributed by atoms with E-state index in [1.165, 1.54) is 0 Å². The quantitative estimate of drug-likeness (QED) is 0.850. The molecule has 3 aliphatic rings. The molecule has 2 aromatic rings. The van der Waals surface area contributed by atoms with Gasteiger partial charge in [-0.05, 0) is 37.7 Å². The molecular formula is C17H19N3O2S. The maximum absolute atomic E-state index is 13.1. The fraction of sp³-hybridized carbons (Fsp3) is 0.412. The molecular weight excluding hydrogens is 310 g/mol. The molecule has 0 radical (unpaired) electrons. The molecule has 120 valence electrons. The molecule has 3 fully saturated rings. The number of benzene rings is 1. The van der Waals surface area contributed by atoms with E-state index in [1.807, 2.05) is 37.3 Å². The second-order valence-electron chi connectivity index (χ2n) is 6.36. The van der Waals surface area contributed by atoms with Crippen LogP contribution in [0.2, 0.25) is 0 Å². The van der Waals surface area contributed by atoms with Crippen LogP contribution in [0.5, 0.6) is 0 Å². The van der Waals surface area contributed by atoms with E-state index in [2.05, 4.69) is 10.5 Å². The smallest absolute Gasteiger partial charge is 0.275 e. The minimum Gasteiger partial charge on any atom is -0.317 e. The molecule has 3 heterocycles. The van der Waals surface area contributed by atoms with Gasteiger partial charge in [-0.15, -0.1) is 11.3 Å². The third-order valence-corrected chi connectivity index (χ3v) is 5.87. The summed E-state index contributed by atoms with van der Waals surface area (Å²) in [6.07, 6.45) is 2.58. The van der Waals surface area contributed by atoms with Gasteiger partial charge in [0.1, 0.15) is 11.9 Å². The van der Waals surface area contributed by atoms with Gasteiger partial charge in [-0.1, -0.05) is 30.3 Å². The van der Waals surface area contributed by atoms with Crippen molar-refractivity contribution in [2.45, 2.75) is 38.4 Å². The molecule has 6 heteroatoms. The summed E-state index contributed by atoms with van der Waals surface area (Å²) < 4.78 is 0. The highest BCUT2D eigenvalue weighted by atomic mass is 32.1. The third-order valence-electron chi connectivity index (χ3n) is 4.85. The van der Waals surface area contributed by atoms with Crippen LogP contribution in [0, 0.1) is 12.8 Å². The first-order chi connectivity index (χ1) is 11.2. The highest BCUT2D eigenvalue weighted by Crippen LogP contribution is 2.43. The standard InChI is InChI=1S/C17H19N3O2S/c1-10-18-15(16(23-10)12-5-3-2-4-6-12)17(21)20-13-7-11(8-13)9-14(20)19-22/h2-6,11,13-14,19,22H,7-9H2,1H3. The van der Waals surface area contributed by atoms with Gasteiger partial charge >= 0.3 is 0 Å². The maximum Gasteiger partial charge on any atom is 0.275 e. The lowest BCUT2D eigenvalue weighted by Crippen LogP contribution is -2.62. The molecule has 1 saturated carbocycles. The van der Waals surface area contributed by atoms with E-state index in [0.717, 1.165) is 34.7 Å². The molecule has 2 bridgehead atoms. The van der Waals surface area contributed by atoms with Crippen LogP contribution in [0.4, 0.5) is 0 Å². The molecule has 2 saturated heterocycles. The van der Waals surface area contributed by atoms with Crippen molar-refractivity contribution in [2.24, 2.45) is 5.92 Å². The largest absolute Gasteiger partial charge is 0.317 e. The summed E-state index contributed by atoms with van der Waals surface area (Å²) in [5, 5.41) is 10.3. The van der Waals surface area contributed by atoms with Crippen LogP contribution in [0.3, 0.4) is 0 Å². The second kappa shape index (κ2) is 5.70. The van der Waals surface area contributed by atoms with Crippen LogP contribution < -0.4 is 5.48 Å². The van der Waals surface area contributed by atoms with Gasteiger partial charge in [0, 0.05) is 6.04 Å². The fourth-order valence-electron chi connectivity index (χ4n) is 3.71. The Hall–Kier alpha value is -1.76. The Balaban J connectivity index is 1.71. The number of amides is 1. The topological polar surface area (TPSA) is 65.5 Å². The molecule has 2 N–H and O–H groups in total. The highest BCUT2D eigenvalue weighted by molar-refractivity contribution is 7.15. The number of nitrogens with one attached hydrogen (secondary N) is 1. The summed E-state index contributed by atoms with van der Waals surface area (Å²) in [6, 6.07) is 10.1. The SMILES string of the molecule is Cc1nc(C(=O)N2C3CC(C3)CC2NO)c(-c2ccccc2)s1. The molecule has 1 atom stereocenters. The average molecular weight is 329 g/mol. The molecule has 2 aliphatic heterocycles. The highest BCUT2D eigenvalue weighted by Gasteiger charge is 2.47. The third kappa shape index (κ3) is 2.47. The van der Waals surface area contributed by atoms with Crippen LogP contribution >= 0.6 is 11.3 Å². The van der Waals surface area contributed by atoms with E-state index in [-0.39, 0.29) is 18.1 Å². The van der Waals surface area contributed by atoms with Gasteiger partial charge in [0.25, 0.3) is 5.91 Å². The molecule has 1 aromatic carbocycles. The van der Waals surface area contributed by atoms with Crippen LogP contribution in [0.15, 0.2) is 30.3 Å². The van der Waals surface area contributed by atoms with Crippen molar-refractivity contribution in [1.29, 1.82) is 0 Å². The van der Waals surface area contributed by atoms with Crippen molar-refractivity contribution >= 4 is 17.2 Å². The Morgan fingerprint density at radius 1 is 1.30 bits per heavy atom. The number of piperidine rings is 2. The molecule has 0 spiro atoms. The van der Waals surface area contributed by atoms with E-state index in [9.17, 15) is 10.0 Å². The minimum absolute atomic E-state index is 0.0806. The van der Waals surface area contributed by atoms with E-state index < -0.39 is 0 Å². The van der Waals surface area contributed by atoms with Gasteiger partial charge in [0.2, 0.25) is 0 Å². The lowest BCUT2D eigenvalue weighted by Gasteiger charge is -2.52. The molecule has 5 rings (SSSR count).